The Morgan fingerprint density at radius 2 is 2.00 bits per heavy atom. The summed E-state index contributed by atoms with van der Waals surface area (Å²) in [6, 6.07) is 0. The highest BCUT2D eigenvalue weighted by Gasteiger charge is 2.10. The van der Waals surface area contributed by atoms with Crippen molar-refractivity contribution in [2.45, 2.75) is 32.2 Å². The first-order chi connectivity index (χ1) is 6.49. The first kappa shape index (κ1) is 13.7. The molecule has 0 bridgehead atoms. The molecule has 1 N–H and O–H groups in total. The van der Waals surface area contributed by atoms with Crippen molar-refractivity contribution in [3.05, 3.63) is 0 Å². The minimum Gasteiger partial charge on any atom is -0.396 e. The fourth-order valence-corrected chi connectivity index (χ4v) is 1.36. The minimum absolute atomic E-state index is 0.0920. The van der Waals surface area contributed by atoms with Crippen molar-refractivity contribution in [1.82, 2.24) is 0 Å². The Bertz CT molecular complexity index is 200. The fourth-order valence-electron chi connectivity index (χ4n) is 0.762. The molecule has 0 unspecified atom stereocenters. The van der Waals surface area contributed by atoms with E-state index in [-0.39, 0.29) is 19.5 Å². The van der Waals surface area contributed by atoms with Gasteiger partial charge in [0, 0.05) is 20.1 Å². The summed E-state index contributed by atoms with van der Waals surface area (Å²) < 4.78 is 10.1. The predicted octanol–water partition coefficient (Wildman–Crippen LogP) is 1.24. The van der Waals surface area contributed by atoms with Crippen LogP contribution in [0.2, 0.25) is 19.6 Å². The number of methoxy groups -OCH3 is 1. The second-order valence-corrected chi connectivity index (χ2v) is 8.84. The van der Waals surface area contributed by atoms with Crippen molar-refractivity contribution in [3.8, 4) is 11.5 Å². The first-order valence-corrected chi connectivity index (χ1v) is 8.23. The van der Waals surface area contributed by atoms with E-state index in [1.807, 2.05) is 0 Å². The Hall–Kier alpha value is -0.343. The number of hydrogen-bond acceptors (Lipinski definition) is 3. The molecule has 0 aliphatic rings. The minimum atomic E-state index is -1.35. The monoisotopic (exact) mass is 216 g/mol. The molecule has 0 aromatic heterocycles. The van der Waals surface area contributed by atoms with Gasteiger partial charge in [-0.3, -0.25) is 0 Å². The van der Waals surface area contributed by atoms with Gasteiger partial charge >= 0.3 is 0 Å². The lowest BCUT2D eigenvalue weighted by Gasteiger charge is -2.11. The van der Waals surface area contributed by atoms with Crippen LogP contribution in [-0.2, 0) is 9.47 Å². The van der Waals surface area contributed by atoms with Crippen molar-refractivity contribution in [3.63, 3.8) is 0 Å². The number of rotatable bonds is 5. The Balaban J connectivity index is 4.11. The summed E-state index contributed by atoms with van der Waals surface area (Å²) >= 11 is 0. The molecule has 0 spiro atoms. The largest absolute Gasteiger partial charge is 0.396 e. The third kappa shape index (κ3) is 8.26. The molecule has 14 heavy (non-hydrogen) atoms. The van der Waals surface area contributed by atoms with Gasteiger partial charge in [0.2, 0.25) is 0 Å². The van der Waals surface area contributed by atoms with Crippen LogP contribution in [0.5, 0.6) is 0 Å². The number of aliphatic hydroxyl groups excluding tert-OH is 1. The van der Waals surface area contributed by atoms with E-state index in [0.29, 0.717) is 6.42 Å². The number of hydrogen-bond donors (Lipinski definition) is 1. The van der Waals surface area contributed by atoms with Crippen molar-refractivity contribution in [2.24, 2.45) is 0 Å². The van der Waals surface area contributed by atoms with E-state index < -0.39 is 8.07 Å². The quantitative estimate of drug-likeness (QED) is 0.427. The molecule has 0 saturated heterocycles. The molecule has 0 aromatic carbocycles. The highest BCUT2D eigenvalue weighted by molar-refractivity contribution is 6.83. The van der Waals surface area contributed by atoms with Gasteiger partial charge in [-0.05, 0) is 0 Å². The molecule has 0 rings (SSSR count). The van der Waals surface area contributed by atoms with E-state index in [1.54, 1.807) is 7.11 Å². The maximum absolute atomic E-state index is 8.79. The van der Waals surface area contributed by atoms with Gasteiger partial charge in [0.1, 0.15) is 21.0 Å². The predicted molar refractivity (Wildman–Crippen MR) is 59.6 cm³/mol. The van der Waals surface area contributed by atoms with E-state index >= 15 is 0 Å². The van der Waals surface area contributed by atoms with Crippen molar-refractivity contribution in [2.75, 3.05) is 20.5 Å². The highest BCUT2D eigenvalue weighted by Crippen LogP contribution is 2.00. The van der Waals surface area contributed by atoms with Gasteiger partial charge in [-0.25, -0.2) is 0 Å². The normalized spacial score (nSPS) is 13.2. The van der Waals surface area contributed by atoms with Crippen molar-refractivity contribution >= 4 is 8.07 Å². The van der Waals surface area contributed by atoms with Gasteiger partial charge in [0.05, 0.1) is 0 Å². The zero-order chi connectivity index (χ0) is 11.0. The second kappa shape index (κ2) is 7.02. The molecule has 82 valence electrons. The number of aliphatic hydroxyl groups is 1. The van der Waals surface area contributed by atoms with Crippen molar-refractivity contribution in [1.29, 1.82) is 0 Å². The standard InChI is InChI=1S/C10H20O3Si/c1-12-9-13-10(5-7-11)6-8-14(2,3)4/h10-11H,5,7,9H2,1-4H3/t10-/m0/s1. The number of ether oxygens (including phenoxy) is 2. The molecule has 0 aliphatic carbocycles. The highest BCUT2D eigenvalue weighted by atomic mass is 28.3. The molecule has 0 heterocycles. The zero-order valence-corrected chi connectivity index (χ0v) is 10.5. The molecule has 0 saturated carbocycles. The second-order valence-electron chi connectivity index (χ2n) is 4.09. The summed E-state index contributed by atoms with van der Waals surface area (Å²) in [5.41, 5.74) is 3.21. The topological polar surface area (TPSA) is 38.7 Å². The van der Waals surface area contributed by atoms with Crippen LogP contribution in [0.25, 0.3) is 0 Å². The SMILES string of the molecule is COCO[C@H](C#C[Si](C)(C)C)CCO. The fraction of sp³-hybridized carbons (Fsp3) is 0.800. The molecular weight excluding hydrogens is 196 g/mol. The lowest BCUT2D eigenvalue weighted by molar-refractivity contribution is -0.0574. The Labute approximate surface area is 87.4 Å². The van der Waals surface area contributed by atoms with Gasteiger partial charge in [-0.15, -0.1) is 5.54 Å². The van der Waals surface area contributed by atoms with E-state index in [1.165, 1.54) is 0 Å². The molecule has 4 heteroatoms. The molecule has 1 atom stereocenters. The Morgan fingerprint density at radius 1 is 1.36 bits per heavy atom. The Kier molecular flexibility index (Phi) is 6.84. The van der Waals surface area contributed by atoms with Crippen LogP contribution in [0.3, 0.4) is 0 Å². The molecule has 0 aromatic rings. The maximum atomic E-state index is 8.79. The van der Waals surface area contributed by atoms with E-state index in [0.717, 1.165) is 0 Å². The van der Waals surface area contributed by atoms with Crippen molar-refractivity contribution < 1.29 is 14.6 Å². The van der Waals surface area contributed by atoms with Gasteiger partial charge < -0.3 is 14.6 Å². The molecule has 0 aliphatic heterocycles. The zero-order valence-electron chi connectivity index (χ0n) is 9.46. The van der Waals surface area contributed by atoms with Crippen LogP contribution < -0.4 is 0 Å². The van der Waals surface area contributed by atoms with Gasteiger partial charge in [-0.1, -0.05) is 25.6 Å². The van der Waals surface area contributed by atoms with Crippen LogP contribution in [0, 0.1) is 11.5 Å². The lowest BCUT2D eigenvalue weighted by Crippen LogP contribution is -2.20. The van der Waals surface area contributed by atoms with Crippen LogP contribution in [0.4, 0.5) is 0 Å². The Morgan fingerprint density at radius 3 is 2.43 bits per heavy atom. The lowest BCUT2D eigenvalue weighted by atomic mass is 10.3. The molecule has 0 amide bonds. The first-order valence-electron chi connectivity index (χ1n) is 4.73. The average molecular weight is 216 g/mol. The third-order valence-electron chi connectivity index (χ3n) is 1.39. The summed E-state index contributed by atoms with van der Waals surface area (Å²) in [7, 11) is 0.220. The summed E-state index contributed by atoms with van der Waals surface area (Å²) in [5, 5.41) is 8.79. The van der Waals surface area contributed by atoms with Gasteiger partial charge in [0.25, 0.3) is 0 Å². The van der Waals surface area contributed by atoms with Gasteiger partial charge in [-0.2, -0.15) is 0 Å². The van der Waals surface area contributed by atoms with Crippen LogP contribution >= 0.6 is 0 Å². The van der Waals surface area contributed by atoms with Gasteiger partial charge in [0.15, 0.2) is 0 Å². The van der Waals surface area contributed by atoms with Crippen LogP contribution in [0.15, 0.2) is 0 Å². The van der Waals surface area contributed by atoms with E-state index in [2.05, 4.69) is 31.1 Å². The molecule has 0 radical (unpaired) electrons. The summed E-state index contributed by atoms with van der Waals surface area (Å²) in [4.78, 5) is 0. The third-order valence-corrected chi connectivity index (χ3v) is 2.28. The molecular formula is C10H20O3Si. The maximum Gasteiger partial charge on any atom is 0.148 e. The van der Waals surface area contributed by atoms with Crippen LogP contribution in [0.1, 0.15) is 6.42 Å². The van der Waals surface area contributed by atoms with E-state index in [9.17, 15) is 0 Å². The summed E-state index contributed by atoms with van der Waals surface area (Å²) in [6.07, 6.45) is 0.340. The summed E-state index contributed by atoms with van der Waals surface area (Å²) in [5.74, 6) is 3.04. The smallest absolute Gasteiger partial charge is 0.148 e. The average Bonchev–Trinajstić information content (AvgIpc) is 2.08. The molecule has 3 nitrogen and oxygen atoms in total. The van der Waals surface area contributed by atoms with Crippen LogP contribution in [-0.4, -0.2) is 39.8 Å². The molecule has 0 fully saturated rings. The summed E-state index contributed by atoms with van der Waals surface area (Å²) in [6.45, 7) is 6.84. The van der Waals surface area contributed by atoms with E-state index in [4.69, 9.17) is 14.6 Å².